The van der Waals surface area contributed by atoms with Gasteiger partial charge in [-0.05, 0) is 12.1 Å². The summed E-state index contributed by atoms with van der Waals surface area (Å²) >= 11 is 0. The van der Waals surface area contributed by atoms with Crippen molar-refractivity contribution >= 4 is 5.91 Å². The second kappa shape index (κ2) is 4.21. The van der Waals surface area contributed by atoms with Crippen LogP contribution < -0.4 is 5.73 Å². The van der Waals surface area contributed by atoms with E-state index >= 15 is 0 Å². The number of nitrogens with zero attached hydrogens (tertiary/aromatic N) is 1. The van der Waals surface area contributed by atoms with Crippen LogP contribution in [-0.4, -0.2) is 10.9 Å². The van der Waals surface area contributed by atoms with Gasteiger partial charge in [-0.1, -0.05) is 11.8 Å². The van der Waals surface area contributed by atoms with Gasteiger partial charge in [-0.25, -0.2) is 4.98 Å². The quantitative estimate of drug-likeness (QED) is 0.501. The van der Waals surface area contributed by atoms with Crippen LogP contribution in [0.2, 0.25) is 0 Å². The predicted molar refractivity (Wildman–Crippen MR) is 44.9 cm³/mol. The van der Waals surface area contributed by atoms with Crippen LogP contribution >= 0.6 is 0 Å². The van der Waals surface area contributed by atoms with Crippen LogP contribution in [0, 0.1) is 17.8 Å². The van der Waals surface area contributed by atoms with Crippen LogP contribution in [0.5, 0.6) is 0 Å². The maximum atomic E-state index is 12.8. The maximum Gasteiger partial charge on any atom is 0.229 e. The van der Waals surface area contributed by atoms with E-state index in [1.165, 1.54) is 12.3 Å². The highest BCUT2D eigenvalue weighted by atomic mass is 19.1. The van der Waals surface area contributed by atoms with Crippen LogP contribution in [0.3, 0.4) is 0 Å². The zero-order valence-corrected chi connectivity index (χ0v) is 6.75. The fourth-order valence-electron chi connectivity index (χ4n) is 0.706. The average molecular weight is 178 g/mol. The molecule has 1 rings (SSSR count). The molecule has 1 amide bonds. The van der Waals surface area contributed by atoms with Crippen LogP contribution in [0.1, 0.15) is 12.0 Å². The summed E-state index contributed by atoms with van der Waals surface area (Å²) < 4.78 is 12.8. The molecule has 0 aliphatic carbocycles. The summed E-state index contributed by atoms with van der Waals surface area (Å²) in [4.78, 5) is 13.7. The topological polar surface area (TPSA) is 56.0 Å². The lowest BCUT2D eigenvalue weighted by molar-refractivity contribution is -0.117. The number of carbonyl (C=O) groups is 1. The van der Waals surface area contributed by atoms with E-state index in [2.05, 4.69) is 16.8 Å². The van der Waals surface area contributed by atoms with E-state index in [0.717, 1.165) is 0 Å². The van der Waals surface area contributed by atoms with Crippen molar-refractivity contribution in [2.75, 3.05) is 0 Å². The minimum absolute atomic E-state index is 0.0751. The van der Waals surface area contributed by atoms with Crippen LogP contribution in [0.25, 0.3) is 0 Å². The number of carbonyl (C=O) groups excluding carboxylic acids is 1. The smallest absolute Gasteiger partial charge is 0.229 e. The molecule has 0 atom stereocenters. The molecule has 1 aromatic rings. The van der Waals surface area contributed by atoms with E-state index in [0.29, 0.717) is 0 Å². The number of aromatic nitrogens is 1. The number of hydrogen-bond acceptors (Lipinski definition) is 2. The normalized spacial score (nSPS) is 8.69. The van der Waals surface area contributed by atoms with E-state index in [-0.39, 0.29) is 12.0 Å². The zero-order chi connectivity index (χ0) is 9.68. The third kappa shape index (κ3) is 2.91. The minimum atomic E-state index is -0.639. The number of hydrogen-bond donors (Lipinski definition) is 1. The first-order chi connectivity index (χ1) is 6.20. The van der Waals surface area contributed by atoms with Gasteiger partial charge < -0.3 is 5.73 Å². The second-order valence-electron chi connectivity index (χ2n) is 2.29. The van der Waals surface area contributed by atoms with Gasteiger partial charge in [0, 0.05) is 6.20 Å². The van der Waals surface area contributed by atoms with E-state index in [9.17, 15) is 9.18 Å². The average Bonchev–Trinajstić information content (AvgIpc) is 2.08. The molecule has 3 nitrogen and oxygen atoms in total. The predicted octanol–water partition coefficient (Wildman–Crippen LogP) is 0.448. The maximum absolute atomic E-state index is 12.8. The molecule has 2 N–H and O–H groups in total. The Morgan fingerprint density at radius 1 is 1.69 bits per heavy atom. The van der Waals surface area contributed by atoms with Crippen LogP contribution in [0.15, 0.2) is 18.3 Å². The summed E-state index contributed by atoms with van der Waals surface area (Å²) in [5.41, 5.74) is 5.01. The summed E-state index contributed by atoms with van der Waals surface area (Å²) in [5, 5.41) is 0. The first-order valence-corrected chi connectivity index (χ1v) is 3.58. The summed E-state index contributed by atoms with van der Waals surface area (Å²) in [6.07, 6.45) is 1.25. The monoisotopic (exact) mass is 178 g/mol. The van der Waals surface area contributed by atoms with Crippen molar-refractivity contribution in [2.45, 2.75) is 6.42 Å². The third-order valence-electron chi connectivity index (χ3n) is 1.24. The molecule has 0 spiro atoms. The molecule has 4 heteroatoms. The highest BCUT2D eigenvalue weighted by Gasteiger charge is 1.96. The van der Waals surface area contributed by atoms with Gasteiger partial charge in [-0.3, -0.25) is 4.79 Å². The van der Waals surface area contributed by atoms with Gasteiger partial charge in [-0.15, -0.1) is 0 Å². The molecule has 0 bridgehead atoms. The van der Waals surface area contributed by atoms with Crippen molar-refractivity contribution in [3.05, 3.63) is 29.8 Å². The molecular formula is C9H7FN2O. The molecule has 0 aliphatic heterocycles. The van der Waals surface area contributed by atoms with Crippen LogP contribution in [0.4, 0.5) is 4.39 Å². The van der Waals surface area contributed by atoms with Crippen molar-refractivity contribution in [2.24, 2.45) is 5.73 Å². The Hall–Kier alpha value is -1.89. The van der Waals surface area contributed by atoms with Crippen molar-refractivity contribution in [1.29, 1.82) is 0 Å². The van der Waals surface area contributed by atoms with Crippen LogP contribution in [-0.2, 0) is 4.79 Å². The van der Waals surface area contributed by atoms with Crippen molar-refractivity contribution < 1.29 is 9.18 Å². The Morgan fingerprint density at radius 2 is 2.46 bits per heavy atom. The Balaban J connectivity index is 2.77. The molecule has 66 valence electrons. The van der Waals surface area contributed by atoms with Gasteiger partial charge in [0.15, 0.2) is 0 Å². The molecule has 1 aromatic heterocycles. The summed E-state index contributed by atoms with van der Waals surface area (Å²) in [6, 6.07) is 3.05. The van der Waals surface area contributed by atoms with Crippen molar-refractivity contribution in [1.82, 2.24) is 4.98 Å². The number of rotatable bonds is 1. The van der Waals surface area contributed by atoms with E-state index in [4.69, 9.17) is 5.73 Å². The van der Waals surface area contributed by atoms with E-state index in [1.54, 1.807) is 6.07 Å². The Bertz CT molecular complexity index is 379. The standard InChI is InChI=1S/C9H7FN2O/c10-9-7(4-2-6-12-9)3-1-5-8(11)13/h2,4,6H,5H2,(H2,11,13). The Kier molecular flexibility index (Phi) is 2.98. The van der Waals surface area contributed by atoms with Gasteiger partial charge in [0.05, 0.1) is 12.0 Å². The van der Waals surface area contributed by atoms with E-state index in [1.807, 2.05) is 0 Å². The number of pyridine rings is 1. The fraction of sp³-hybridized carbons (Fsp3) is 0.111. The number of primary amides is 1. The first-order valence-electron chi connectivity index (χ1n) is 3.58. The first kappa shape index (κ1) is 9.20. The van der Waals surface area contributed by atoms with E-state index < -0.39 is 11.9 Å². The third-order valence-corrected chi connectivity index (χ3v) is 1.24. The molecular weight excluding hydrogens is 171 g/mol. The van der Waals surface area contributed by atoms with Gasteiger partial charge in [0.25, 0.3) is 0 Å². The van der Waals surface area contributed by atoms with Gasteiger partial charge >= 0.3 is 0 Å². The Labute approximate surface area is 74.8 Å². The minimum Gasteiger partial charge on any atom is -0.369 e. The number of amides is 1. The number of halogens is 1. The lowest BCUT2D eigenvalue weighted by Crippen LogP contribution is -2.08. The van der Waals surface area contributed by atoms with Gasteiger partial charge in [-0.2, -0.15) is 4.39 Å². The highest BCUT2D eigenvalue weighted by Crippen LogP contribution is 1.99. The lowest BCUT2D eigenvalue weighted by atomic mass is 10.2. The Morgan fingerprint density at radius 3 is 3.08 bits per heavy atom. The molecule has 0 saturated heterocycles. The molecule has 0 fully saturated rings. The molecule has 0 unspecified atom stereocenters. The molecule has 0 aliphatic rings. The molecule has 0 saturated carbocycles. The summed E-state index contributed by atoms with van der Waals surface area (Å²) in [5.74, 6) is 3.72. The fourth-order valence-corrected chi connectivity index (χ4v) is 0.706. The molecule has 1 heterocycles. The molecule has 0 aromatic carbocycles. The molecule has 0 radical (unpaired) electrons. The summed E-state index contributed by atoms with van der Waals surface area (Å²) in [6.45, 7) is 0. The zero-order valence-electron chi connectivity index (χ0n) is 6.75. The highest BCUT2D eigenvalue weighted by molar-refractivity contribution is 5.76. The lowest BCUT2D eigenvalue weighted by Gasteiger charge is -1.89. The van der Waals surface area contributed by atoms with Gasteiger partial charge in [0.2, 0.25) is 11.9 Å². The summed E-state index contributed by atoms with van der Waals surface area (Å²) in [7, 11) is 0. The van der Waals surface area contributed by atoms with Crippen molar-refractivity contribution in [3.8, 4) is 11.8 Å². The SMILES string of the molecule is NC(=O)CC#Cc1cccnc1F. The van der Waals surface area contributed by atoms with Gasteiger partial charge in [0.1, 0.15) is 0 Å². The molecule has 13 heavy (non-hydrogen) atoms. The number of nitrogens with two attached hydrogens (primary N) is 1. The largest absolute Gasteiger partial charge is 0.369 e. The van der Waals surface area contributed by atoms with Crippen molar-refractivity contribution in [3.63, 3.8) is 0 Å². The second-order valence-corrected chi connectivity index (χ2v) is 2.29.